The second-order valence-corrected chi connectivity index (χ2v) is 5.38. The molecule has 100 valence electrons. The van der Waals surface area contributed by atoms with Crippen LogP contribution in [-0.2, 0) is 0 Å². The number of pyridine rings is 1. The maximum absolute atomic E-state index is 4.06. The standard InChI is InChI=1S/C15H25N3/c1-13(14-6-9-16-10-7-14)17-11-8-15-5-3-4-12-18(15)2/h6-7,9-10,13,15,17H,3-5,8,11-12H2,1-2H3/t13-,15?/m1/s1. The molecule has 0 radical (unpaired) electrons. The summed E-state index contributed by atoms with van der Waals surface area (Å²) in [6.07, 6.45) is 9.11. The van der Waals surface area contributed by atoms with Crippen molar-refractivity contribution < 1.29 is 0 Å². The fraction of sp³-hybridized carbons (Fsp3) is 0.667. The van der Waals surface area contributed by atoms with E-state index in [1.807, 2.05) is 12.4 Å². The van der Waals surface area contributed by atoms with Gasteiger partial charge in [-0.05, 0) is 64.0 Å². The molecule has 1 fully saturated rings. The number of nitrogens with zero attached hydrogens (tertiary/aromatic N) is 2. The van der Waals surface area contributed by atoms with Gasteiger partial charge in [0.1, 0.15) is 0 Å². The van der Waals surface area contributed by atoms with Crippen LogP contribution in [0, 0.1) is 0 Å². The first-order valence-corrected chi connectivity index (χ1v) is 7.11. The average Bonchev–Trinajstić information content (AvgIpc) is 2.42. The minimum Gasteiger partial charge on any atom is -0.310 e. The van der Waals surface area contributed by atoms with Gasteiger partial charge in [0.25, 0.3) is 0 Å². The number of nitrogens with one attached hydrogen (secondary N) is 1. The highest BCUT2D eigenvalue weighted by molar-refractivity contribution is 5.13. The van der Waals surface area contributed by atoms with Gasteiger partial charge in [-0.15, -0.1) is 0 Å². The molecule has 0 saturated carbocycles. The molecular weight excluding hydrogens is 222 g/mol. The van der Waals surface area contributed by atoms with E-state index in [9.17, 15) is 0 Å². The molecule has 0 amide bonds. The van der Waals surface area contributed by atoms with Crippen LogP contribution in [0.4, 0.5) is 0 Å². The quantitative estimate of drug-likeness (QED) is 0.867. The monoisotopic (exact) mass is 247 g/mol. The normalized spacial score (nSPS) is 22.9. The van der Waals surface area contributed by atoms with E-state index in [1.54, 1.807) is 0 Å². The molecule has 0 spiro atoms. The first-order chi connectivity index (χ1) is 8.77. The number of piperidine rings is 1. The van der Waals surface area contributed by atoms with Crippen molar-refractivity contribution in [3.63, 3.8) is 0 Å². The lowest BCUT2D eigenvalue weighted by atomic mass is 10.00. The molecule has 2 rings (SSSR count). The van der Waals surface area contributed by atoms with Crippen LogP contribution in [0.5, 0.6) is 0 Å². The Labute approximate surface area is 111 Å². The van der Waals surface area contributed by atoms with Crippen molar-refractivity contribution in [1.82, 2.24) is 15.2 Å². The van der Waals surface area contributed by atoms with Gasteiger partial charge in [0.2, 0.25) is 0 Å². The molecule has 3 nitrogen and oxygen atoms in total. The lowest BCUT2D eigenvalue weighted by Crippen LogP contribution is -2.38. The largest absolute Gasteiger partial charge is 0.310 e. The predicted octanol–water partition coefficient (Wildman–Crippen LogP) is 2.61. The fourth-order valence-electron chi connectivity index (χ4n) is 2.75. The lowest BCUT2D eigenvalue weighted by molar-refractivity contribution is 0.174. The van der Waals surface area contributed by atoms with Gasteiger partial charge in [-0.25, -0.2) is 0 Å². The molecule has 0 aliphatic carbocycles. The average molecular weight is 247 g/mol. The van der Waals surface area contributed by atoms with E-state index in [0.29, 0.717) is 6.04 Å². The van der Waals surface area contributed by atoms with E-state index >= 15 is 0 Å². The molecule has 3 heteroatoms. The lowest BCUT2D eigenvalue weighted by Gasteiger charge is -2.32. The summed E-state index contributed by atoms with van der Waals surface area (Å²) in [4.78, 5) is 6.57. The molecule has 1 aromatic rings. The van der Waals surface area contributed by atoms with Crippen LogP contribution in [0.25, 0.3) is 0 Å². The van der Waals surface area contributed by atoms with Crippen molar-refractivity contribution in [2.45, 2.75) is 44.7 Å². The molecule has 1 aliphatic heterocycles. The zero-order chi connectivity index (χ0) is 12.8. The van der Waals surface area contributed by atoms with Crippen LogP contribution in [0.3, 0.4) is 0 Å². The Kier molecular flexibility index (Phi) is 5.14. The summed E-state index contributed by atoms with van der Waals surface area (Å²) in [5, 5.41) is 3.61. The van der Waals surface area contributed by atoms with Crippen LogP contribution < -0.4 is 5.32 Å². The highest BCUT2D eigenvalue weighted by atomic mass is 15.1. The highest BCUT2D eigenvalue weighted by Crippen LogP contribution is 2.18. The smallest absolute Gasteiger partial charge is 0.0292 e. The molecule has 1 N–H and O–H groups in total. The molecule has 1 unspecified atom stereocenters. The van der Waals surface area contributed by atoms with Gasteiger partial charge in [-0.2, -0.15) is 0 Å². The van der Waals surface area contributed by atoms with E-state index in [4.69, 9.17) is 0 Å². The summed E-state index contributed by atoms with van der Waals surface area (Å²) in [6.45, 7) is 4.59. The van der Waals surface area contributed by atoms with E-state index in [2.05, 4.69) is 41.3 Å². The number of hydrogen-bond donors (Lipinski definition) is 1. The zero-order valence-electron chi connectivity index (χ0n) is 11.6. The Hall–Kier alpha value is -0.930. The molecule has 2 atom stereocenters. The van der Waals surface area contributed by atoms with E-state index < -0.39 is 0 Å². The van der Waals surface area contributed by atoms with Crippen LogP contribution in [-0.4, -0.2) is 36.1 Å². The maximum atomic E-state index is 4.06. The van der Waals surface area contributed by atoms with Crippen molar-refractivity contribution in [2.75, 3.05) is 20.1 Å². The maximum Gasteiger partial charge on any atom is 0.0292 e. The second-order valence-electron chi connectivity index (χ2n) is 5.38. The molecule has 1 aromatic heterocycles. The van der Waals surface area contributed by atoms with Gasteiger partial charge >= 0.3 is 0 Å². The van der Waals surface area contributed by atoms with Gasteiger partial charge in [-0.3, -0.25) is 4.98 Å². The molecule has 1 aliphatic rings. The summed E-state index contributed by atoms with van der Waals surface area (Å²) in [5.41, 5.74) is 1.32. The molecule has 0 bridgehead atoms. The van der Waals surface area contributed by atoms with Crippen LogP contribution in [0.2, 0.25) is 0 Å². The fourth-order valence-corrected chi connectivity index (χ4v) is 2.75. The van der Waals surface area contributed by atoms with E-state index in [-0.39, 0.29) is 0 Å². The Morgan fingerprint density at radius 2 is 2.17 bits per heavy atom. The van der Waals surface area contributed by atoms with Gasteiger partial charge < -0.3 is 10.2 Å². The van der Waals surface area contributed by atoms with Crippen LogP contribution in [0.1, 0.15) is 44.2 Å². The molecule has 1 saturated heterocycles. The third kappa shape index (κ3) is 3.79. The van der Waals surface area contributed by atoms with Crippen molar-refractivity contribution in [2.24, 2.45) is 0 Å². The predicted molar refractivity (Wildman–Crippen MR) is 75.5 cm³/mol. The van der Waals surface area contributed by atoms with Gasteiger partial charge in [0.05, 0.1) is 0 Å². The third-order valence-corrected chi connectivity index (χ3v) is 4.06. The van der Waals surface area contributed by atoms with Gasteiger partial charge in [0, 0.05) is 24.5 Å². The third-order valence-electron chi connectivity index (χ3n) is 4.06. The summed E-state index contributed by atoms with van der Waals surface area (Å²) < 4.78 is 0. The van der Waals surface area contributed by atoms with Crippen molar-refractivity contribution in [3.05, 3.63) is 30.1 Å². The van der Waals surface area contributed by atoms with E-state index in [1.165, 1.54) is 37.8 Å². The van der Waals surface area contributed by atoms with Crippen molar-refractivity contribution >= 4 is 0 Å². The first-order valence-electron chi connectivity index (χ1n) is 7.11. The Bertz CT molecular complexity index is 339. The summed E-state index contributed by atoms with van der Waals surface area (Å²) in [5.74, 6) is 0. The minimum absolute atomic E-state index is 0.418. The number of hydrogen-bond acceptors (Lipinski definition) is 3. The van der Waals surface area contributed by atoms with Gasteiger partial charge in [0.15, 0.2) is 0 Å². The summed E-state index contributed by atoms with van der Waals surface area (Å²) >= 11 is 0. The zero-order valence-corrected chi connectivity index (χ0v) is 11.6. The van der Waals surface area contributed by atoms with Crippen LogP contribution >= 0.6 is 0 Å². The Morgan fingerprint density at radius 3 is 2.89 bits per heavy atom. The minimum atomic E-state index is 0.418. The summed E-state index contributed by atoms with van der Waals surface area (Å²) in [6, 6.07) is 5.37. The van der Waals surface area contributed by atoms with Crippen molar-refractivity contribution in [3.8, 4) is 0 Å². The number of likely N-dealkylation sites (tertiary alicyclic amines) is 1. The summed E-state index contributed by atoms with van der Waals surface area (Å²) in [7, 11) is 2.26. The SMILES string of the molecule is C[C@@H](NCCC1CCCCN1C)c1ccncc1. The second kappa shape index (κ2) is 6.86. The molecular formula is C15H25N3. The highest BCUT2D eigenvalue weighted by Gasteiger charge is 2.18. The van der Waals surface area contributed by atoms with Gasteiger partial charge in [-0.1, -0.05) is 6.42 Å². The van der Waals surface area contributed by atoms with Crippen molar-refractivity contribution in [1.29, 1.82) is 0 Å². The Morgan fingerprint density at radius 1 is 1.39 bits per heavy atom. The molecule has 18 heavy (non-hydrogen) atoms. The number of aromatic nitrogens is 1. The topological polar surface area (TPSA) is 28.2 Å². The van der Waals surface area contributed by atoms with E-state index in [0.717, 1.165) is 12.6 Å². The van der Waals surface area contributed by atoms with Crippen LogP contribution in [0.15, 0.2) is 24.5 Å². The first kappa shape index (κ1) is 13.5. The Balaban J connectivity index is 1.71. The molecule has 0 aromatic carbocycles. The molecule has 2 heterocycles. The number of rotatable bonds is 5.